The summed E-state index contributed by atoms with van der Waals surface area (Å²) in [5, 5.41) is 11.2. The van der Waals surface area contributed by atoms with Crippen molar-refractivity contribution in [1.82, 2.24) is 5.32 Å². The molecule has 5 nitrogen and oxygen atoms in total. The Kier molecular flexibility index (Phi) is 4.65. The predicted octanol–water partition coefficient (Wildman–Crippen LogP) is 1.39. The van der Waals surface area contributed by atoms with Gasteiger partial charge in [0, 0.05) is 11.7 Å². The fraction of sp³-hybridized carbons (Fsp3) is 0.333. The van der Waals surface area contributed by atoms with E-state index in [1.165, 1.54) is 6.07 Å². The molecule has 0 aliphatic heterocycles. The summed E-state index contributed by atoms with van der Waals surface area (Å²) in [7, 11) is 0. The van der Waals surface area contributed by atoms with Crippen molar-refractivity contribution in [2.45, 2.75) is 25.8 Å². The molecule has 0 heterocycles. The van der Waals surface area contributed by atoms with E-state index in [1.807, 2.05) is 0 Å². The van der Waals surface area contributed by atoms with Crippen molar-refractivity contribution in [3.63, 3.8) is 0 Å². The molecule has 0 aromatic heterocycles. The van der Waals surface area contributed by atoms with E-state index < -0.39 is 23.7 Å². The summed E-state index contributed by atoms with van der Waals surface area (Å²) in [6.45, 7) is 1.75. The highest BCUT2D eigenvalue weighted by Gasteiger charge is 2.17. The number of carboxylic acid groups (broad SMARTS) is 1. The van der Waals surface area contributed by atoms with Crippen molar-refractivity contribution >= 4 is 17.6 Å². The van der Waals surface area contributed by atoms with E-state index in [1.54, 1.807) is 6.92 Å². The van der Waals surface area contributed by atoms with E-state index >= 15 is 0 Å². The first-order valence-corrected chi connectivity index (χ1v) is 5.51. The molecule has 0 saturated heterocycles. The van der Waals surface area contributed by atoms with E-state index in [4.69, 9.17) is 10.8 Å². The number of hydrogen-bond donors (Lipinski definition) is 3. The number of rotatable bonds is 5. The summed E-state index contributed by atoms with van der Waals surface area (Å²) < 4.78 is 13.0. The van der Waals surface area contributed by atoms with Crippen LogP contribution in [-0.4, -0.2) is 23.0 Å². The van der Waals surface area contributed by atoms with Crippen molar-refractivity contribution in [1.29, 1.82) is 0 Å². The number of hydrogen-bond acceptors (Lipinski definition) is 3. The molecule has 0 spiro atoms. The zero-order valence-electron chi connectivity index (χ0n) is 9.94. The van der Waals surface area contributed by atoms with Crippen LogP contribution >= 0.6 is 0 Å². The van der Waals surface area contributed by atoms with Gasteiger partial charge in [0.05, 0.1) is 12.0 Å². The van der Waals surface area contributed by atoms with Crippen molar-refractivity contribution in [2.75, 3.05) is 5.73 Å². The molecular weight excluding hydrogens is 239 g/mol. The first kappa shape index (κ1) is 14.0. The molecule has 0 aliphatic carbocycles. The number of carbonyl (C=O) groups excluding carboxylic acids is 1. The zero-order valence-corrected chi connectivity index (χ0v) is 9.94. The summed E-state index contributed by atoms with van der Waals surface area (Å²) in [4.78, 5) is 22.4. The first-order valence-electron chi connectivity index (χ1n) is 5.51. The van der Waals surface area contributed by atoms with Gasteiger partial charge in [0.25, 0.3) is 5.91 Å². The van der Waals surface area contributed by atoms with Crippen molar-refractivity contribution in [3.05, 3.63) is 29.6 Å². The Hall–Kier alpha value is -2.11. The molecule has 0 bridgehead atoms. The summed E-state index contributed by atoms with van der Waals surface area (Å²) in [6.07, 6.45) is 0.282. The van der Waals surface area contributed by atoms with Gasteiger partial charge in [0.1, 0.15) is 5.82 Å². The summed E-state index contributed by atoms with van der Waals surface area (Å²) in [5.74, 6) is -2.14. The van der Waals surface area contributed by atoms with E-state index in [-0.39, 0.29) is 17.7 Å². The molecule has 0 fully saturated rings. The second-order valence-corrected chi connectivity index (χ2v) is 3.91. The lowest BCUT2D eigenvalue weighted by Crippen LogP contribution is -2.36. The number of nitrogens with two attached hydrogens (primary N) is 1. The molecule has 6 heteroatoms. The second-order valence-electron chi connectivity index (χ2n) is 3.91. The highest BCUT2D eigenvalue weighted by Crippen LogP contribution is 2.13. The maximum atomic E-state index is 13.0. The third kappa shape index (κ3) is 3.73. The Morgan fingerprint density at radius 1 is 1.50 bits per heavy atom. The molecule has 1 rings (SSSR count). The van der Waals surface area contributed by atoms with E-state index in [9.17, 15) is 14.0 Å². The van der Waals surface area contributed by atoms with Crippen molar-refractivity contribution in [3.8, 4) is 0 Å². The third-order valence-corrected chi connectivity index (χ3v) is 2.51. The SMILES string of the molecule is CCC(CC(=O)O)NC(=O)c1cc(F)ccc1N. The number of carbonyl (C=O) groups is 2. The van der Waals surface area contributed by atoms with E-state index in [2.05, 4.69) is 5.32 Å². The summed E-state index contributed by atoms with van der Waals surface area (Å²) >= 11 is 0. The Bertz CT molecular complexity index is 463. The molecule has 0 aliphatic rings. The smallest absolute Gasteiger partial charge is 0.305 e. The Morgan fingerprint density at radius 2 is 2.17 bits per heavy atom. The molecule has 0 saturated carbocycles. The molecule has 4 N–H and O–H groups in total. The monoisotopic (exact) mass is 254 g/mol. The third-order valence-electron chi connectivity index (χ3n) is 2.51. The van der Waals surface area contributed by atoms with Gasteiger partial charge in [-0.15, -0.1) is 0 Å². The van der Waals surface area contributed by atoms with Gasteiger partial charge in [-0.2, -0.15) is 0 Å². The number of nitrogens with one attached hydrogen (secondary N) is 1. The van der Waals surface area contributed by atoms with Gasteiger partial charge in [0.15, 0.2) is 0 Å². The topological polar surface area (TPSA) is 92.4 Å². The molecule has 1 unspecified atom stereocenters. The van der Waals surface area contributed by atoms with Crippen LogP contribution in [0.15, 0.2) is 18.2 Å². The summed E-state index contributed by atoms with van der Waals surface area (Å²) in [5.41, 5.74) is 5.73. The van der Waals surface area contributed by atoms with Gasteiger partial charge >= 0.3 is 5.97 Å². The highest BCUT2D eigenvalue weighted by molar-refractivity contribution is 5.99. The van der Waals surface area contributed by atoms with Crippen LogP contribution in [0.2, 0.25) is 0 Å². The van der Waals surface area contributed by atoms with Crippen LogP contribution in [0.4, 0.5) is 10.1 Å². The minimum Gasteiger partial charge on any atom is -0.481 e. The molecule has 1 amide bonds. The molecule has 18 heavy (non-hydrogen) atoms. The maximum Gasteiger partial charge on any atom is 0.305 e. The van der Waals surface area contributed by atoms with Crippen LogP contribution in [0.25, 0.3) is 0 Å². The van der Waals surface area contributed by atoms with Gasteiger partial charge in [-0.3, -0.25) is 9.59 Å². The van der Waals surface area contributed by atoms with Crippen LogP contribution < -0.4 is 11.1 Å². The Balaban J connectivity index is 2.80. The standard InChI is InChI=1S/C12H15FN2O3/c1-2-8(6-11(16)17)15-12(18)9-5-7(13)3-4-10(9)14/h3-5,8H,2,6,14H2,1H3,(H,15,18)(H,16,17). The number of aliphatic carboxylic acids is 1. The lowest BCUT2D eigenvalue weighted by atomic mass is 10.1. The Morgan fingerprint density at radius 3 is 2.72 bits per heavy atom. The van der Waals surface area contributed by atoms with Crippen molar-refractivity contribution < 1.29 is 19.1 Å². The fourth-order valence-corrected chi connectivity index (χ4v) is 1.50. The van der Waals surface area contributed by atoms with Crippen LogP contribution in [0.3, 0.4) is 0 Å². The average molecular weight is 254 g/mol. The number of amides is 1. The fourth-order valence-electron chi connectivity index (χ4n) is 1.50. The van der Waals surface area contributed by atoms with Crippen LogP contribution in [0.1, 0.15) is 30.1 Å². The maximum absolute atomic E-state index is 13.0. The largest absolute Gasteiger partial charge is 0.481 e. The number of anilines is 1. The lowest BCUT2D eigenvalue weighted by molar-refractivity contribution is -0.137. The minimum atomic E-state index is -1.01. The minimum absolute atomic E-state index is 0.0128. The van der Waals surface area contributed by atoms with Crippen LogP contribution in [0, 0.1) is 5.82 Å². The first-order chi connectivity index (χ1) is 8.43. The van der Waals surface area contributed by atoms with Crippen LogP contribution in [0.5, 0.6) is 0 Å². The van der Waals surface area contributed by atoms with E-state index in [0.29, 0.717) is 6.42 Å². The summed E-state index contributed by atoms with van der Waals surface area (Å²) in [6, 6.07) is 2.97. The molecule has 98 valence electrons. The number of nitrogen functional groups attached to an aromatic ring is 1. The highest BCUT2D eigenvalue weighted by atomic mass is 19.1. The number of carboxylic acids is 1. The average Bonchev–Trinajstić information content (AvgIpc) is 2.30. The zero-order chi connectivity index (χ0) is 13.7. The normalized spacial score (nSPS) is 11.9. The lowest BCUT2D eigenvalue weighted by Gasteiger charge is -2.15. The van der Waals surface area contributed by atoms with Gasteiger partial charge in [-0.05, 0) is 24.6 Å². The van der Waals surface area contributed by atoms with Gasteiger partial charge in [-0.25, -0.2) is 4.39 Å². The van der Waals surface area contributed by atoms with Crippen LogP contribution in [-0.2, 0) is 4.79 Å². The number of halogens is 1. The Labute approximate surface area is 104 Å². The van der Waals surface area contributed by atoms with Gasteiger partial charge < -0.3 is 16.2 Å². The second kappa shape index (κ2) is 6.00. The van der Waals surface area contributed by atoms with Gasteiger partial charge in [0.2, 0.25) is 0 Å². The van der Waals surface area contributed by atoms with Gasteiger partial charge in [-0.1, -0.05) is 6.92 Å². The molecule has 1 aromatic carbocycles. The van der Waals surface area contributed by atoms with Crippen molar-refractivity contribution in [2.24, 2.45) is 0 Å². The predicted molar refractivity (Wildman–Crippen MR) is 64.6 cm³/mol. The molecular formula is C12H15FN2O3. The molecule has 1 aromatic rings. The quantitative estimate of drug-likeness (QED) is 0.692. The molecule has 1 atom stereocenters. The van der Waals surface area contributed by atoms with E-state index in [0.717, 1.165) is 12.1 Å². The number of benzene rings is 1. The molecule has 0 radical (unpaired) electrons.